The van der Waals surface area contributed by atoms with E-state index in [1.54, 1.807) is 0 Å². The first-order valence-corrected chi connectivity index (χ1v) is 8.36. The maximum absolute atomic E-state index is 12.3. The standard InChI is InChI=1S/C20H22N4O/c1-14-11-15(2)22-16(3)20(14)23-19(25)10-9-17-12-21-24(13-17)18-7-5-4-6-8-18/h4-8,11-13H,9-10H2,1-3H3,(H,23,25). The Balaban J connectivity index is 1.61. The number of nitrogens with zero attached hydrogens (tertiary/aromatic N) is 3. The summed E-state index contributed by atoms with van der Waals surface area (Å²) in [6.07, 6.45) is 4.83. The van der Waals surface area contributed by atoms with Crippen LogP contribution in [0, 0.1) is 20.8 Å². The summed E-state index contributed by atoms with van der Waals surface area (Å²) in [7, 11) is 0. The predicted molar refractivity (Wildman–Crippen MR) is 99.0 cm³/mol. The first-order chi connectivity index (χ1) is 12.0. The van der Waals surface area contributed by atoms with Gasteiger partial charge in [0.05, 0.1) is 23.3 Å². The molecule has 0 unspecified atom stereocenters. The second kappa shape index (κ2) is 7.30. The Kier molecular flexibility index (Phi) is 4.93. The highest BCUT2D eigenvalue weighted by Gasteiger charge is 2.10. The molecule has 1 N–H and O–H groups in total. The van der Waals surface area contributed by atoms with Gasteiger partial charge in [0.1, 0.15) is 0 Å². The zero-order valence-corrected chi connectivity index (χ0v) is 14.8. The Morgan fingerprint density at radius 2 is 1.92 bits per heavy atom. The summed E-state index contributed by atoms with van der Waals surface area (Å²) in [5.74, 6) is -0.00989. The zero-order valence-electron chi connectivity index (χ0n) is 14.8. The van der Waals surface area contributed by atoms with Crippen molar-refractivity contribution in [1.29, 1.82) is 0 Å². The van der Waals surface area contributed by atoms with Crippen molar-refractivity contribution in [2.45, 2.75) is 33.6 Å². The lowest BCUT2D eigenvalue weighted by molar-refractivity contribution is -0.116. The van der Waals surface area contributed by atoms with E-state index in [0.717, 1.165) is 33.9 Å². The third-order valence-corrected chi connectivity index (χ3v) is 4.09. The van der Waals surface area contributed by atoms with E-state index in [1.807, 2.05) is 74.2 Å². The largest absolute Gasteiger partial charge is 0.324 e. The van der Waals surface area contributed by atoms with Gasteiger partial charge in [-0.2, -0.15) is 5.10 Å². The molecule has 0 spiro atoms. The van der Waals surface area contributed by atoms with Crippen molar-refractivity contribution in [2.24, 2.45) is 0 Å². The van der Waals surface area contributed by atoms with E-state index in [1.165, 1.54) is 0 Å². The third-order valence-electron chi connectivity index (χ3n) is 4.09. The molecule has 0 aliphatic heterocycles. The quantitative estimate of drug-likeness (QED) is 0.773. The van der Waals surface area contributed by atoms with Crippen LogP contribution < -0.4 is 5.32 Å². The molecule has 0 saturated carbocycles. The number of rotatable bonds is 5. The maximum atomic E-state index is 12.3. The first kappa shape index (κ1) is 16.9. The number of aryl methyl sites for hydroxylation is 4. The number of carbonyl (C=O) groups is 1. The Morgan fingerprint density at radius 1 is 1.16 bits per heavy atom. The lowest BCUT2D eigenvalue weighted by Crippen LogP contribution is -2.15. The van der Waals surface area contributed by atoms with Gasteiger partial charge in [0.15, 0.2) is 0 Å². The Bertz CT molecular complexity index is 861. The highest BCUT2D eigenvalue weighted by atomic mass is 16.1. The van der Waals surface area contributed by atoms with Crippen LogP contribution in [0.2, 0.25) is 0 Å². The van der Waals surface area contributed by atoms with Gasteiger partial charge in [-0.05, 0) is 56.5 Å². The summed E-state index contributed by atoms with van der Waals surface area (Å²) in [6, 6.07) is 11.9. The van der Waals surface area contributed by atoms with Crippen molar-refractivity contribution >= 4 is 11.6 Å². The van der Waals surface area contributed by atoms with E-state index >= 15 is 0 Å². The topological polar surface area (TPSA) is 59.8 Å². The number of anilines is 1. The fourth-order valence-corrected chi connectivity index (χ4v) is 2.88. The fraction of sp³-hybridized carbons (Fsp3) is 0.250. The van der Waals surface area contributed by atoms with Gasteiger partial charge < -0.3 is 5.32 Å². The molecule has 2 aromatic heterocycles. The second-order valence-electron chi connectivity index (χ2n) is 6.22. The van der Waals surface area contributed by atoms with Gasteiger partial charge in [-0.15, -0.1) is 0 Å². The summed E-state index contributed by atoms with van der Waals surface area (Å²) in [4.78, 5) is 16.7. The van der Waals surface area contributed by atoms with Gasteiger partial charge in [0.25, 0.3) is 0 Å². The molecule has 3 aromatic rings. The van der Waals surface area contributed by atoms with Crippen LogP contribution in [0.5, 0.6) is 0 Å². The number of hydrogen-bond donors (Lipinski definition) is 1. The summed E-state index contributed by atoms with van der Waals surface area (Å²) in [5, 5.41) is 7.35. The number of para-hydroxylation sites is 1. The Hall–Kier alpha value is -2.95. The van der Waals surface area contributed by atoms with Crippen LogP contribution in [0.1, 0.15) is 28.9 Å². The van der Waals surface area contributed by atoms with Crippen LogP contribution in [-0.2, 0) is 11.2 Å². The highest BCUT2D eigenvalue weighted by Crippen LogP contribution is 2.19. The van der Waals surface area contributed by atoms with Gasteiger partial charge in [-0.1, -0.05) is 18.2 Å². The van der Waals surface area contributed by atoms with Crippen LogP contribution in [0.25, 0.3) is 5.69 Å². The van der Waals surface area contributed by atoms with E-state index in [4.69, 9.17) is 0 Å². The summed E-state index contributed by atoms with van der Waals surface area (Å²) >= 11 is 0. The molecule has 0 atom stereocenters. The molecule has 0 bridgehead atoms. The molecule has 1 amide bonds. The van der Waals surface area contributed by atoms with Gasteiger partial charge >= 0.3 is 0 Å². The van der Waals surface area contributed by atoms with Gasteiger partial charge in [-0.25, -0.2) is 4.68 Å². The normalized spacial score (nSPS) is 10.7. The van der Waals surface area contributed by atoms with Crippen molar-refractivity contribution in [3.8, 4) is 5.69 Å². The molecule has 0 fully saturated rings. The molecule has 0 aliphatic rings. The smallest absolute Gasteiger partial charge is 0.224 e. The monoisotopic (exact) mass is 334 g/mol. The molecule has 2 heterocycles. The van der Waals surface area contributed by atoms with Crippen LogP contribution >= 0.6 is 0 Å². The minimum absolute atomic E-state index is 0.00989. The maximum Gasteiger partial charge on any atom is 0.224 e. The van der Waals surface area contributed by atoms with Crippen molar-refractivity contribution in [1.82, 2.24) is 14.8 Å². The molecule has 5 heteroatoms. The molecular weight excluding hydrogens is 312 g/mol. The SMILES string of the molecule is Cc1cc(C)c(NC(=O)CCc2cnn(-c3ccccc3)c2)c(C)n1. The van der Waals surface area contributed by atoms with Crippen molar-refractivity contribution < 1.29 is 4.79 Å². The average molecular weight is 334 g/mol. The summed E-state index contributed by atoms with van der Waals surface area (Å²) in [5.41, 5.74) is 5.71. The molecule has 128 valence electrons. The number of nitrogens with one attached hydrogen (secondary N) is 1. The van der Waals surface area contributed by atoms with Crippen LogP contribution in [-0.4, -0.2) is 20.7 Å². The van der Waals surface area contributed by atoms with Crippen molar-refractivity contribution in [3.63, 3.8) is 0 Å². The van der Waals surface area contributed by atoms with E-state index in [0.29, 0.717) is 12.8 Å². The predicted octanol–water partition coefficient (Wildman–Crippen LogP) is 3.76. The zero-order chi connectivity index (χ0) is 17.8. The number of aromatic nitrogens is 3. The van der Waals surface area contributed by atoms with Gasteiger partial charge in [0.2, 0.25) is 5.91 Å². The molecular formula is C20H22N4O. The first-order valence-electron chi connectivity index (χ1n) is 8.36. The number of hydrogen-bond acceptors (Lipinski definition) is 3. The number of carbonyl (C=O) groups excluding carboxylic acids is 1. The summed E-state index contributed by atoms with van der Waals surface area (Å²) < 4.78 is 1.82. The Labute approximate surface area is 147 Å². The fourth-order valence-electron chi connectivity index (χ4n) is 2.88. The average Bonchev–Trinajstić information content (AvgIpc) is 3.06. The van der Waals surface area contributed by atoms with E-state index < -0.39 is 0 Å². The summed E-state index contributed by atoms with van der Waals surface area (Å²) in [6.45, 7) is 5.86. The molecule has 1 aromatic carbocycles. The van der Waals surface area contributed by atoms with Gasteiger partial charge in [-0.3, -0.25) is 9.78 Å². The third kappa shape index (κ3) is 4.12. The number of amides is 1. The lowest BCUT2D eigenvalue weighted by Gasteiger charge is -2.11. The Morgan fingerprint density at radius 3 is 2.64 bits per heavy atom. The van der Waals surface area contributed by atoms with Crippen molar-refractivity contribution in [2.75, 3.05) is 5.32 Å². The molecule has 0 saturated heterocycles. The second-order valence-corrected chi connectivity index (χ2v) is 6.22. The molecule has 0 aliphatic carbocycles. The van der Waals surface area contributed by atoms with E-state index in [2.05, 4.69) is 15.4 Å². The highest BCUT2D eigenvalue weighted by molar-refractivity contribution is 5.92. The van der Waals surface area contributed by atoms with Gasteiger partial charge in [0, 0.05) is 18.3 Å². The molecule has 0 radical (unpaired) electrons. The van der Waals surface area contributed by atoms with E-state index in [-0.39, 0.29) is 5.91 Å². The van der Waals surface area contributed by atoms with Crippen LogP contribution in [0.15, 0.2) is 48.8 Å². The molecule has 5 nitrogen and oxygen atoms in total. The number of pyridine rings is 1. The lowest BCUT2D eigenvalue weighted by atomic mass is 10.1. The molecule has 3 rings (SSSR count). The van der Waals surface area contributed by atoms with Crippen LogP contribution in [0.3, 0.4) is 0 Å². The van der Waals surface area contributed by atoms with E-state index in [9.17, 15) is 4.79 Å². The van der Waals surface area contributed by atoms with Crippen LogP contribution in [0.4, 0.5) is 5.69 Å². The minimum Gasteiger partial charge on any atom is -0.324 e. The minimum atomic E-state index is -0.00989. The number of benzene rings is 1. The van der Waals surface area contributed by atoms with Crippen molar-refractivity contribution in [3.05, 3.63) is 71.3 Å². The molecule has 25 heavy (non-hydrogen) atoms.